The Labute approximate surface area is 386 Å². The lowest BCUT2D eigenvalue weighted by Gasteiger charge is -2.60. The Bertz CT molecular complexity index is 2070. The third-order valence-electron chi connectivity index (χ3n) is 18.9. The lowest BCUT2D eigenvalue weighted by Crippen LogP contribution is -2.52. The molecule has 0 heteroatoms. The zero-order valence-electron chi connectivity index (χ0n) is 41.5. The Morgan fingerprint density at radius 2 is 1.02 bits per heavy atom. The number of aryl methyl sites for hydroxylation is 4. The van der Waals surface area contributed by atoms with Crippen molar-refractivity contribution in [1.82, 2.24) is 0 Å². The summed E-state index contributed by atoms with van der Waals surface area (Å²) in [6.45, 7) is 21.5. The molecule has 4 aromatic rings. The van der Waals surface area contributed by atoms with Gasteiger partial charge in [-0.1, -0.05) is 198 Å². The molecule has 0 heterocycles. The number of fused-ring (bicyclic) bond motifs is 5. The minimum atomic E-state index is 0.108. The van der Waals surface area contributed by atoms with Gasteiger partial charge < -0.3 is 0 Å². The van der Waals surface area contributed by atoms with Gasteiger partial charge in [0.15, 0.2) is 0 Å². The molecule has 0 nitrogen and oxygen atoms in total. The van der Waals surface area contributed by atoms with E-state index in [1.54, 1.807) is 22.3 Å². The van der Waals surface area contributed by atoms with Crippen molar-refractivity contribution in [2.45, 2.75) is 189 Å². The largest absolute Gasteiger partial charge is 0.0844 e. The van der Waals surface area contributed by atoms with E-state index in [2.05, 4.69) is 165 Å². The monoisotopic (exact) mass is 843 g/mol. The van der Waals surface area contributed by atoms with E-state index in [9.17, 15) is 0 Å². The van der Waals surface area contributed by atoms with Gasteiger partial charge in [-0.25, -0.2) is 0 Å². The van der Waals surface area contributed by atoms with Crippen LogP contribution in [0.4, 0.5) is 0 Å². The summed E-state index contributed by atoms with van der Waals surface area (Å²) >= 11 is 0. The van der Waals surface area contributed by atoms with Crippen LogP contribution in [0.25, 0.3) is 0 Å². The molecule has 0 aliphatic heterocycles. The molecule has 6 aliphatic rings. The molecule has 5 fully saturated rings. The van der Waals surface area contributed by atoms with Crippen molar-refractivity contribution in [3.05, 3.63) is 153 Å². The van der Waals surface area contributed by atoms with E-state index in [1.165, 1.54) is 131 Å². The Kier molecular flexibility index (Phi) is 14.4. The fourth-order valence-electron chi connectivity index (χ4n) is 14.3. The highest BCUT2D eigenvalue weighted by atomic mass is 14.6. The first-order valence-corrected chi connectivity index (χ1v) is 26.3. The maximum atomic E-state index is 2.82. The second kappa shape index (κ2) is 19.6. The van der Waals surface area contributed by atoms with Crippen LogP contribution in [0.5, 0.6) is 0 Å². The van der Waals surface area contributed by atoms with Crippen LogP contribution < -0.4 is 0 Å². The van der Waals surface area contributed by atoms with E-state index in [4.69, 9.17) is 0 Å². The second-order valence-electron chi connectivity index (χ2n) is 23.4. The normalized spacial score (nSPS) is 30.5. The van der Waals surface area contributed by atoms with E-state index >= 15 is 0 Å². The Balaban J connectivity index is 0.000000234. The smallest absolute Gasteiger partial charge is 0.0240 e. The van der Waals surface area contributed by atoms with E-state index in [0.717, 1.165) is 47.3 Å². The van der Waals surface area contributed by atoms with Crippen molar-refractivity contribution >= 4 is 0 Å². The van der Waals surface area contributed by atoms with Crippen molar-refractivity contribution in [1.29, 1.82) is 0 Å². The summed E-state index contributed by atoms with van der Waals surface area (Å²) in [6, 6.07) is 37.2. The predicted molar refractivity (Wildman–Crippen MR) is 272 cm³/mol. The molecule has 0 amide bonds. The molecular weight excluding hydrogens is 757 g/mol. The summed E-state index contributed by atoms with van der Waals surface area (Å²) < 4.78 is 0. The molecule has 0 saturated heterocycles. The summed E-state index contributed by atoms with van der Waals surface area (Å²) in [7, 11) is 0. The minimum absolute atomic E-state index is 0.108. The van der Waals surface area contributed by atoms with Crippen molar-refractivity contribution < 1.29 is 0 Å². The first-order chi connectivity index (χ1) is 30.3. The summed E-state index contributed by atoms with van der Waals surface area (Å²) in [6.07, 6.45) is 26.6. The van der Waals surface area contributed by atoms with Crippen LogP contribution in [-0.2, 0) is 5.41 Å². The number of rotatable bonds is 9. The van der Waals surface area contributed by atoms with Gasteiger partial charge in [-0.3, -0.25) is 0 Å². The van der Waals surface area contributed by atoms with Crippen LogP contribution in [0.3, 0.4) is 0 Å². The molecule has 338 valence electrons. The standard InChI is InChI=1S/C44H62.C11H14.C8H10/c1-30(2)9-7-10-32(4)39-23-24-40-38-22-21-37-29-44(35-17-13-31(3)14-18-35,36-19-15-34(16-20-36)33-11-8-12-33)28-27-42(37,5)41(38)25-26-43(39,40)6;1-9-5-7-11(8-6-9)10-3-2-4-10;1-7-3-5-8(2)6-4-7/h13-21,30,32-33,38-41H,7-12,22-29H2,1-6H3;5-8,10H,2-4H2,1H3;3-6H,1-2H3. The van der Waals surface area contributed by atoms with E-state index < -0.39 is 0 Å². The molecule has 8 unspecified atom stereocenters. The molecule has 10 rings (SSSR count). The molecule has 5 saturated carbocycles. The number of allylic oxidation sites excluding steroid dienone is 2. The molecule has 0 bridgehead atoms. The maximum absolute atomic E-state index is 2.82. The average Bonchev–Trinajstić information content (AvgIpc) is 3.59. The molecule has 0 spiro atoms. The molecule has 0 N–H and O–H groups in total. The Morgan fingerprint density at radius 1 is 0.524 bits per heavy atom. The van der Waals surface area contributed by atoms with Crippen LogP contribution in [0, 0.1) is 74.0 Å². The molecule has 6 aliphatic carbocycles. The molecule has 4 aromatic carbocycles. The summed E-state index contributed by atoms with van der Waals surface area (Å²) in [4.78, 5) is 0. The van der Waals surface area contributed by atoms with Crippen molar-refractivity contribution in [2.75, 3.05) is 0 Å². The SMILES string of the molecule is Cc1ccc(C)cc1.Cc1ccc(C2(c3ccc(C4CCC4)cc3)CCC3(C)C(=CCC4C3CCC3(C)C(C(C)CCCC(C)C)CCC43)C2)cc1.Cc1ccc(C2CCC2)cc1. The highest BCUT2D eigenvalue weighted by Gasteiger charge is 2.60. The van der Waals surface area contributed by atoms with Crippen molar-refractivity contribution in [3.8, 4) is 0 Å². The fraction of sp³-hybridized carbons (Fsp3) is 0.587. The summed E-state index contributed by atoms with van der Waals surface area (Å²) in [5.41, 5.74) is 14.5. The second-order valence-corrected chi connectivity index (χ2v) is 23.4. The average molecular weight is 843 g/mol. The summed E-state index contributed by atoms with van der Waals surface area (Å²) in [5.74, 6) is 7.11. The van der Waals surface area contributed by atoms with Gasteiger partial charge in [-0.05, 0) is 185 Å². The Hall–Kier alpha value is -3.38. The third-order valence-corrected chi connectivity index (χ3v) is 18.9. The molecule has 8 atom stereocenters. The highest BCUT2D eigenvalue weighted by molar-refractivity contribution is 5.46. The predicted octanol–water partition coefficient (Wildman–Crippen LogP) is 18.2. The van der Waals surface area contributed by atoms with Crippen molar-refractivity contribution in [3.63, 3.8) is 0 Å². The Morgan fingerprint density at radius 3 is 1.52 bits per heavy atom. The van der Waals surface area contributed by atoms with E-state index in [1.807, 2.05) is 5.57 Å². The molecule has 0 aromatic heterocycles. The van der Waals surface area contributed by atoms with E-state index in [0.29, 0.717) is 10.8 Å². The van der Waals surface area contributed by atoms with E-state index in [-0.39, 0.29) is 5.41 Å². The van der Waals surface area contributed by atoms with Gasteiger partial charge in [0.2, 0.25) is 0 Å². The van der Waals surface area contributed by atoms with Crippen LogP contribution in [0.15, 0.2) is 109 Å². The minimum Gasteiger partial charge on any atom is -0.0844 e. The number of hydrogen-bond acceptors (Lipinski definition) is 0. The topological polar surface area (TPSA) is 0 Å². The van der Waals surface area contributed by atoms with Gasteiger partial charge >= 0.3 is 0 Å². The highest BCUT2D eigenvalue weighted by Crippen LogP contribution is 2.69. The zero-order chi connectivity index (χ0) is 44.4. The van der Waals surface area contributed by atoms with Crippen molar-refractivity contribution in [2.24, 2.45) is 46.3 Å². The van der Waals surface area contributed by atoms with Gasteiger partial charge in [0.1, 0.15) is 0 Å². The van der Waals surface area contributed by atoms with Crippen LogP contribution >= 0.6 is 0 Å². The lowest BCUT2D eigenvalue weighted by molar-refractivity contribution is -0.0530. The van der Waals surface area contributed by atoms with Gasteiger partial charge in [0, 0.05) is 5.41 Å². The first kappa shape index (κ1) is 46.2. The maximum Gasteiger partial charge on any atom is 0.0240 e. The van der Waals surface area contributed by atoms with Gasteiger partial charge in [0.25, 0.3) is 0 Å². The summed E-state index contributed by atoms with van der Waals surface area (Å²) in [5, 5.41) is 0. The van der Waals surface area contributed by atoms with Crippen LogP contribution in [0.1, 0.15) is 200 Å². The molecular formula is C63H86. The quantitative estimate of drug-likeness (QED) is 0.147. The zero-order valence-corrected chi connectivity index (χ0v) is 41.5. The van der Waals surface area contributed by atoms with Gasteiger partial charge in [-0.15, -0.1) is 0 Å². The number of benzene rings is 4. The van der Waals surface area contributed by atoms with Gasteiger partial charge in [-0.2, -0.15) is 0 Å². The lowest BCUT2D eigenvalue weighted by atomic mass is 9.44. The van der Waals surface area contributed by atoms with Crippen LogP contribution in [0.2, 0.25) is 0 Å². The third kappa shape index (κ3) is 9.78. The number of hydrogen-bond donors (Lipinski definition) is 0. The van der Waals surface area contributed by atoms with Gasteiger partial charge in [0.05, 0.1) is 0 Å². The molecule has 63 heavy (non-hydrogen) atoms. The first-order valence-electron chi connectivity index (χ1n) is 26.3. The fourth-order valence-corrected chi connectivity index (χ4v) is 14.3. The van der Waals surface area contributed by atoms with Crippen LogP contribution in [-0.4, -0.2) is 0 Å². The molecule has 0 radical (unpaired) electrons.